The van der Waals surface area contributed by atoms with Gasteiger partial charge in [-0.25, -0.2) is 4.79 Å². The molecule has 0 saturated carbocycles. The highest BCUT2D eigenvalue weighted by atomic mass is 19.4. The van der Waals surface area contributed by atoms with Gasteiger partial charge in [0, 0.05) is 12.1 Å². The molecule has 0 amide bonds. The maximum atomic E-state index is 12.0. The zero-order valence-electron chi connectivity index (χ0n) is 10.0. The molecule has 1 rings (SSSR count). The van der Waals surface area contributed by atoms with Crippen molar-refractivity contribution in [3.8, 4) is 0 Å². The number of aryl methyl sites for hydroxylation is 1. The van der Waals surface area contributed by atoms with E-state index in [2.05, 4.69) is 0 Å². The molecule has 1 aromatic heterocycles. The number of furan rings is 1. The molecule has 0 aliphatic heterocycles. The Morgan fingerprint density at radius 3 is 2.56 bits per heavy atom. The molecule has 0 atom stereocenters. The van der Waals surface area contributed by atoms with Crippen molar-refractivity contribution in [2.75, 3.05) is 13.6 Å². The number of halogens is 3. The summed E-state index contributed by atoms with van der Waals surface area (Å²) in [5, 5.41) is 8.77. The highest BCUT2D eigenvalue weighted by molar-refractivity contribution is 5.86. The molecule has 1 aromatic rings. The largest absolute Gasteiger partial charge is 0.475 e. The Labute approximate surface area is 102 Å². The molecular weight excluding hydrogens is 251 g/mol. The molecule has 7 heteroatoms. The van der Waals surface area contributed by atoms with E-state index in [0.29, 0.717) is 11.3 Å². The monoisotopic (exact) mass is 265 g/mol. The van der Waals surface area contributed by atoms with Crippen LogP contribution in [-0.4, -0.2) is 35.7 Å². The average Bonchev–Trinajstić information content (AvgIpc) is 2.55. The lowest BCUT2D eigenvalue weighted by atomic mass is 10.2. The highest BCUT2D eigenvalue weighted by Crippen LogP contribution is 2.21. The third-order valence-electron chi connectivity index (χ3n) is 2.37. The SMILES string of the molecule is Cc1cc(CN(C)CCC(F)(F)F)oc1C(=O)O. The van der Waals surface area contributed by atoms with E-state index in [1.165, 1.54) is 18.0 Å². The van der Waals surface area contributed by atoms with Gasteiger partial charge >= 0.3 is 12.1 Å². The molecular formula is C11H14F3NO3. The number of alkyl halides is 3. The Morgan fingerprint density at radius 2 is 2.11 bits per heavy atom. The second-order valence-corrected chi connectivity index (χ2v) is 4.13. The van der Waals surface area contributed by atoms with Crippen LogP contribution in [0.5, 0.6) is 0 Å². The quantitative estimate of drug-likeness (QED) is 0.889. The van der Waals surface area contributed by atoms with Crippen LogP contribution in [0.15, 0.2) is 10.5 Å². The van der Waals surface area contributed by atoms with Crippen LogP contribution in [0.4, 0.5) is 13.2 Å². The van der Waals surface area contributed by atoms with Crippen molar-refractivity contribution < 1.29 is 27.5 Å². The van der Waals surface area contributed by atoms with Gasteiger partial charge in [0.2, 0.25) is 5.76 Å². The van der Waals surface area contributed by atoms with Gasteiger partial charge in [0.1, 0.15) is 5.76 Å². The van der Waals surface area contributed by atoms with Crippen molar-refractivity contribution in [2.45, 2.75) is 26.1 Å². The van der Waals surface area contributed by atoms with Gasteiger partial charge in [0.05, 0.1) is 13.0 Å². The van der Waals surface area contributed by atoms with Gasteiger partial charge in [-0.05, 0) is 20.0 Å². The normalized spacial score (nSPS) is 12.1. The number of carbonyl (C=O) groups is 1. The predicted molar refractivity (Wildman–Crippen MR) is 57.4 cm³/mol. The maximum absolute atomic E-state index is 12.0. The lowest BCUT2D eigenvalue weighted by molar-refractivity contribution is -0.137. The summed E-state index contributed by atoms with van der Waals surface area (Å²) in [5.41, 5.74) is 0.460. The zero-order valence-corrected chi connectivity index (χ0v) is 10.0. The molecule has 0 aliphatic rings. The summed E-state index contributed by atoms with van der Waals surface area (Å²) in [6, 6.07) is 1.52. The van der Waals surface area contributed by atoms with Gasteiger partial charge in [-0.2, -0.15) is 13.2 Å². The minimum atomic E-state index is -4.19. The first-order chi connectivity index (χ1) is 8.19. The first-order valence-electron chi connectivity index (χ1n) is 5.27. The summed E-state index contributed by atoms with van der Waals surface area (Å²) < 4.78 is 41.1. The number of hydrogen-bond donors (Lipinski definition) is 1. The topological polar surface area (TPSA) is 53.7 Å². The third-order valence-corrected chi connectivity index (χ3v) is 2.37. The number of nitrogens with zero attached hydrogens (tertiary/aromatic N) is 1. The van der Waals surface area contributed by atoms with Crippen LogP contribution >= 0.6 is 0 Å². The van der Waals surface area contributed by atoms with Crippen molar-refractivity contribution in [3.63, 3.8) is 0 Å². The molecule has 4 nitrogen and oxygen atoms in total. The van der Waals surface area contributed by atoms with E-state index in [9.17, 15) is 18.0 Å². The Kier molecular flexibility index (Phi) is 4.39. The molecule has 0 fully saturated rings. The van der Waals surface area contributed by atoms with Crippen LogP contribution in [0.1, 0.15) is 28.3 Å². The molecule has 0 aromatic carbocycles. The summed E-state index contributed by atoms with van der Waals surface area (Å²) in [5.74, 6) is -1.01. The van der Waals surface area contributed by atoms with E-state index < -0.39 is 18.6 Å². The van der Waals surface area contributed by atoms with E-state index in [4.69, 9.17) is 9.52 Å². The lowest BCUT2D eigenvalue weighted by Crippen LogP contribution is -2.23. The van der Waals surface area contributed by atoms with E-state index in [-0.39, 0.29) is 18.8 Å². The van der Waals surface area contributed by atoms with Crippen molar-refractivity contribution in [2.24, 2.45) is 0 Å². The Morgan fingerprint density at radius 1 is 1.50 bits per heavy atom. The van der Waals surface area contributed by atoms with E-state index in [1.54, 1.807) is 6.92 Å². The number of carboxylic acids is 1. The number of aromatic carboxylic acids is 1. The second kappa shape index (κ2) is 5.43. The van der Waals surface area contributed by atoms with Crippen LogP contribution in [0.25, 0.3) is 0 Å². The fourth-order valence-electron chi connectivity index (χ4n) is 1.50. The molecule has 0 unspecified atom stereocenters. The van der Waals surface area contributed by atoms with Crippen molar-refractivity contribution in [3.05, 3.63) is 23.2 Å². The van der Waals surface area contributed by atoms with Gasteiger partial charge in [-0.15, -0.1) is 0 Å². The molecule has 0 saturated heterocycles. The predicted octanol–water partition coefficient (Wildman–Crippen LogP) is 2.67. The maximum Gasteiger partial charge on any atom is 0.390 e. The molecule has 1 heterocycles. The van der Waals surface area contributed by atoms with Crippen LogP contribution in [0.3, 0.4) is 0 Å². The summed E-state index contributed by atoms with van der Waals surface area (Å²) in [7, 11) is 1.52. The molecule has 0 radical (unpaired) electrons. The van der Waals surface area contributed by atoms with E-state index >= 15 is 0 Å². The Bertz CT molecular complexity index is 426. The van der Waals surface area contributed by atoms with Crippen molar-refractivity contribution in [1.82, 2.24) is 4.90 Å². The van der Waals surface area contributed by atoms with Crippen LogP contribution in [0, 0.1) is 6.92 Å². The van der Waals surface area contributed by atoms with Crippen LogP contribution in [-0.2, 0) is 6.54 Å². The molecule has 0 spiro atoms. The first kappa shape index (κ1) is 14.6. The molecule has 0 aliphatic carbocycles. The van der Waals surface area contributed by atoms with Crippen molar-refractivity contribution >= 4 is 5.97 Å². The minimum absolute atomic E-state index is 0.143. The zero-order chi connectivity index (χ0) is 13.9. The number of rotatable bonds is 5. The van der Waals surface area contributed by atoms with Gasteiger partial charge in [0.15, 0.2) is 0 Å². The summed E-state index contributed by atoms with van der Waals surface area (Å²) in [4.78, 5) is 12.1. The first-order valence-corrected chi connectivity index (χ1v) is 5.27. The number of carboxylic acid groups (broad SMARTS) is 1. The van der Waals surface area contributed by atoms with Crippen LogP contribution < -0.4 is 0 Å². The molecule has 0 bridgehead atoms. The molecule has 102 valence electrons. The third kappa shape index (κ3) is 4.40. The highest BCUT2D eigenvalue weighted by Gasteiger charge is 2.27. The van der Waals surface area contributed by atoms with E-state index in [1.807, 2.05) is 0 Å². The standard InChI is InChI=1S/C11H14F3NO3/c1-7-5-8(18-9(7)10(16)17)6-15(2)4-3-11(12,13)14/h5H,3-4,6H2,1-2H3,(H,16,17). The lowest BCUT2D eigenvalue weighted by Gasteiger charge is -2.16. The average molecular weight is 265 g/mol. The Hall–Kier alpha value is -1.50. The van der Waals surface area contributed by atoms with Gasteiger partial charge < -0.3 is 9.52 Å². The van der Waals surface area contributed by atoms with Gasteiger partial charge in [-0.3, -0.25) is 4.90 Å². The number of hydrogen-bond acceptors (Lipinski definition) is 3. The molecule has 1 N–H and O–H groups in total. The minimum Gasteiger partial charge on any atom is -0.475 e. The van der Waals surface area contributed by atoms with Crippen molar-refractivity contribution in [1.29, 1.82) is 0 Å². The van der Waals surface area contributed by atoms with E-state index in [0.717, 1.165) is 0 Å². The van der Waals surface area contributed by atoms with Gasteiger partial charge in [-0.1, -0.05) is 0 Å². The van der Waals surface area contributed by atoms with Crippen LogP contribution in [0.2, 0.25) is 0 Å². The second-order valence-electron chi connectivity index (χ2n) is 4.13. The smallest absolute Gasteiger partial charge is 0.390 e. The van der Waals surface area contributed by atoms with Gasteiger partial charge in [0.25, 0.3) is 0 Å². The summed E-state index contributed by atoms with van der Waals surface area (Å²) in [6.07, 6.45) is -5.10. The molecule has 18 heavy (non-hydrogen) atoms. The Balaban J connectivity index is 2.57. The fraction of sp³-hybridized carbons (Fsp3) is 0.545. The summed E-state index contributed by atoms with van der Waals surface area (Å²) in [6.45, 7) is 1.56. The fourth-order valence-corrected chi connectivity index (χ4v) is 1.50. The summed E-state index contributed by atoms with van der Waals surface area (Å²) >= 11 is 0.